The van der Waals surface area contributed by atoms with Gasteiger partial charge in [0, 0.05) is 16.4 Å². The molecule has 0 aliphatic heterocycles. The summed E-state index contributed by atoms with van der Waals surface area (Å²) in [5.74, 6) is -0.184. The van der Waals surface area contributed by atoms with E-state index in [0.29, 0.717) is 5.69 Å². The molecule has 0 heterocycles. The molecule has 1 N–H and O–H groups in total. The van der Waals surface area contributed by atoms with Gasteiger partial charge in [0.25, 0.3) is 0 Å². The predicted octanol–water partition coefficient (Wildman–Crippen LogP) is 3.34. The molecule has 0 spiro atoms. The molecule has 116 valence electrons. The number of halogens is 1. The van der Waals surface area contributed by atoms with E-state index in [4.69, 9.17) is 0 Å². The number of carbonyl (C=O) groups excluding carboxylic acids is 1. The van der Waals surface area contributed by atoms with Crippen molar-refractivity contribution in [2.75, 3.05) is 11.6 Å². The van der Waals surface area contributed by atoms with Crippen molar-refractivity contribution < 1.29 is 13.2 Å². The van der Waals surface area contributed by atoms with Gasteiger partial charge in [0.15, 0.2) is 9.84 Å². The van der Waals surface area contributed by atoms with Crippen molar-refractivity contribution in [2.24, 2.45) is 0 Å². The lowest BCUT2D eigenvalue weighted by Gasteiger charge is -2.10. The Hall–Kier alpha value is -1.66. The standard InChI is InChI=1S/C16H16BrNO3S/c1-11-3-8-14(22(2,20)21)10-15(11)18-16(19)9-12-4-6-13(17)7-5-12/h3-8,10H,9H2,1-2H3,(H,18,19). The number of sulfone groups is 1. The zero-order chi connectivity index (χ0) is 16.3. The molecule has 0 radical (unpaired) electrons. The van der Waals surface area contributed by atoms with Crippen LogP contribution in [-0.4, -0.2) is 20.6 Å². The van der Waals surface area contributed by atoms with Crippen LogP contribution in [0.5, 0.6) is 0 Å². The van der Waals surface area contributed by atoms with E-state index in [-0.39, 0.29) is 17.2 Å². The first-order valence-corrected chi connectivity index (χ1v) is 9.29. The van der Waals surface area contributed by atoms with Gasteiger partial charge in [0.2, 0.25) is 5.91 Å². The SMILES string of the molecule is Cc1ccc(S(C)(=O)=O)cc1NC(=O)Cc1ccc(Br)cc1. The minimum absolute atomic E-state index is 0.184. The van der Waals surface area contributed by atoms with Gasteiger partial charge >= 0.3 is 0 Å². The molecule has 0 fully saturated rings. The second kappa shape index (κ2) is 6.62. The van der Waals surface area contributed by atoms with E-state index in [0.717, 1.165) is 21.9 Å². The summed E-state index contributed by atoms with van der Waals surface area (Å²) in [7, 11) is -3.30. The van der Waals surface area contributed by atoms with Crippen LogP contribution in [0.15, 0.2) is 51.8 Å². The number of rotatable bonds is 4. The maximum absolute atomic E-state index is 12.1. The number of carbonyl (C=O) groups is 1. The fourth-order valence-corrected chi connectivity index (χ4v) is 2.86. The summed E-state index contributed by atoms with van der Waals surface area (Å²) in [6.07, 6.45) is 1.38. The topological polar surface area (TPSA) is 63.2 Å². The Balaban J connectivity index is 2.16. The van der Waals surface area contributed by atoms with Gasteiger partial charge in [-0.1, -0.05) is 34.1 Å². The summed E-state index contributed by atoms with van der Waals surface area (Å²) in [6.45, 7) is 1.82. The maximum atomic E-state index is 12.1. The Morgan fingerprint density at radius 3 is 2.36 bits per heavy atom. The number of benzene rings is 2. The van der Waals surface area contributed by atoms with Crippen molar-refractivity contribution in [3.63, 3.8) is 0 Å². The van der Waals surface area contributed by atoms with Gasteiger partial charge < -0.3 is 5.32 Å². The third kappa shape index (κ3) is 4.42. The van der Waals surface area contributed by atoms with Gasteiger partial charge in [-0.25, -0.2) is 8.42 Å². The van der Waals surface area contributed by atoms with Crippen molar-refractivity contribution in [2.45, 2.75) is 18.2 Å². The highest BCUT2D eigenvalue weighted by Crippen LogP contribution is 2.20. The Morgan fingerprint density at radius 1 is 1.14 bits per heavy atom. The smallest absolute Gasteiger partial charge is 0.228 e. The summed E-state index contributed by atoms with van der Waals surface area (Å²) >= 11 is 3.34. The van der Waals surface area contributed by atoms with Crippen LogP contribution in [-0.2, 0) is 21.1 Å². The highest BCUT2D eigenvalue weighted by molar-refractivity contribution is 9.10. The molecule has 0 aromatic heterocycles. The van der Waals surface area contributed by atoms with E-state index in [1.807, 2.05) is 31.2 Å². The van der Waals surface area contributed by atoms with E-state index >= 15 is 0 Å². The van der Waals surface area contributed by atoms with E-state index in [2.05, 4.69) is 21.2 Å². The van der Waals surface area contributed by atoms with Crippen molar-refractivity contribution in [1.29, 1.82) is 0 Å². The maximum Gasteiger partial charge on any atom is 0.228 e. The van der Waals surface area contributed by atoms with Gasteiger partial charge in [0.1, 0.15) is 0 Å². The summed E-state index contributed by atoms with van der Waals surface area (Å²) in [4.78, 5) is 12.3. The Bertz CT molecular complexity index is 799. The Labute approximate surface area is 138 Å². The molecule has 0 unspecified atom stereocenters. The quantitative estimate of drug-likeness (QED) is 0.882. The zero-order valence-electron chi connectivity index (χ0n) is 12.3. The summed E-state index contributed by atoms with van der Waals surface area (Å²) < 4.78 is 24.1. The monoisotopic (exact) mass is 381 g/mol. The minimum Gasteiger partial charge on any atom is -0.326 e. The van der Waals surface area contributed by atoms with Crippen molar-refractivity contribution in [1.82, 2.24) is 0 Å². The summed E-state index contributed by atoms with van der Waals surface area (Å²) in [5.41, 5.74) is 2.22. The molecule has 6 heteroatoms. The third-order valence-corrected chi connectivity index (χ3v) is 4.83. The van der Waals surface area contributed by atoms with Crippen LogP contribution in [0.3, 0.4) is 0 Å². The first kappa shape index (κ1) is 16.7. The van der Waals surface area contributed by atoms with Gasteiger partial charge in [-0.05, 0) is 42.3 Å². The number of anilines is 1. The Kier molecular flexibility index (Phi) is 5.03. The average molecular weight is 382 g/mol. The average Bonchev–Trinajstić information content (AvgIpc) is 2.42. The minimum atomic E-state index is -3.30. The van der Waals surface area contributed by atoms with Gasteiger partial charge in [-0.3, -0.25) is 4.79 Å². The first-order valence-electron chi connectivity index (χ1n) is 6.61. The second-order valence-electron chi connectivity index (χ2n) is 5.10. The molecule has 4 nitrogen and oxygen atoms in total. The fraction of sp³-hybridized carbons (Fsp3) is 0.188. The van der Waals surface area contributed by atoms with Crippen LogP contribution < -0.4 is 5.32 Å². The molecule has 2 aromatic rings. The summed E-state index contributed by atoms with van der Waals surface area (Å²) in [5, 5.41) is 2.77. The van der Waals surface area contributed by atoms with Crippen molar-refractivity contribution in [3.8, 4) is 0 Å². The van der Waals surface area contributed by atoms with E-state index in [9.17, 15) is 13.2 Å². The molecule has 0 atom stereocenters. The third-order valence-electron chi connectivity index (χ3n) is 3.19. The number of amides is 1. The molecule has 22 heavy (non-hydrogen) atoms. The van der Waals surface area contributed by atoms with E-state index in [1.54, 1.807) is 6.07 Å². The van der Waals surface area contributed by atoms with Crippen LogP contribution in [0.25, 0.3) is 0 Å². The van der Waals surface area contributed by atoms with Crippen LogP contribution >= 0.6 is 15.9 Å². The zero-order valence-corrected chi connectivity index (χ0v) is 14.7. The number of aryl methyl sites for hydroxylation is 1. The van der Waals surface area contributed by atoms with Crippen LogP contribution in [0.2, 0.25) is 0 Å². The van der Waals surface area contributed by atoms with Crippen LogP contribution in [0.1, 0.15) is 11.1 Å². The summed E-state index contributed by atoms with van der Waals surface area (Å²) in [6, 6.07) is 12.2. The second-order valence-corrected chi connectivity index (χ2v) is 8.03. The molecule has 0 aliphatic carbocycles. The molecular formula is C16H16BrNO3S. The van der Waals surface area contributed by atoms with Crippen molar-refractivity contribution in [3.05, 3.63) is 58.1 Å². The number of hydrogen-bond acceptors (Lipinski definition) is 3. The molecule has 2 rings (SSSR count). The van der Waals surface area contributed by atoms with Gasteiger partial charge in [0.05, 0.1) is 11.3 Å². The van der Waals surface area contributed by atoms with Gasteiger partial charge in [-0.2, -0.15) is 0 Å². The first-order chi connectivity index (χ1) is 10.3. The fourth-order valence-electron chi connectivity index (χ4n) is 1.95. The largest absolute Gasteiger partial charge is 0.326 e. The van der Waals surface area contributed by atoms with E-state index < -0.39 is 9.84 Å². The highest BCUT2D eigenvalue weighted by Gasteiger charge is 2.11. The highest BCUT2D eigenvalue weighted by atomic mass is 79.9. The molecule has 2 aromatic carbocycles. The Morgan fingerprint density at radius 2 is 1.77 bits per heavy atom. The van der Waals surface area contributed by atoms with Gasteiger partial charge in [-0.15, -0.1) is 0 Å². The lowest BCUT2D eigenvalue weighted by atomic mass is 10.1. The molecule has 0 bridgehead atoms. The molecular weight excluding hydrogens is 366 g/mol. The van der Waals surface area contributed by atoms with Crippen molar-refractivity contribution >= 4 is 37.4 Å². The number of hydrogen-bond donors (Lipinski definition) is 1. The molecule has 1 amide bonds. The normalized spacial score (nSPS) is 11.2. The molecule has 0 saturated carbocycles. The van der Waals surface area contributed by atoms with Crippen LogP contribution in [0, 0.1) is 6.92 Å². The lowest BCUT2D eigenvalue weighted by Crippen LogP contribution is -2.15. The molecule has 0 aliphatic rings. The van der Waals surface area contributed by atoms with E-state index in [1.165, 1.54) is 12.1 Å². The van der Waals surface area contributed by atoms with Crippen LogP contribution in [0.4, 0.5) is 5.69 Å². The molecule has 0 saturated heterocycles. The number of nitrogens with one attached hydrogen (secondary N) is 1. The predicted molar refractivity (Wildman–Crippen MR) is 90.8 cm³/mol. The lowest BCUT2D eigenvalue weighted by molar-refractivity contribution is -0.115.